The van der Waals surface area contributed by atoms with Crippen molar-refractivity contribution >= 4 is 16.0 Å². The molecule has 0 atom stereocenters. The number of hydrogen-bond donors (Lipinski definition) is 1. The monoisotopic (exact) mass is 336 g/mol. The third kappa shape index (κ3) is 3.50. The van der Waals surface area contributed by atoms with E-state index in [1.54, 1.807) is 13.2 Å². The maximum Gasteiger partial charge on any atom is 0.246 e. The van der Waals surface area contributed by atoms with E-state index in [-0.39, 0.29) is 10.9 Å². The Hall–Kier alpha value is -2.00. The molecule has 2 aromatic rings. The summed E-state index contributed by atoms with van der Waals surface area (Å²) in [6.07, 6.45) is 6.07. The zero-order chi connectivity index (χ0) is 16.4. The Bertz CT molecular complexity index is 780. The fourth-order valence-corrected chi connectivity index (χ4v) is 4.08. The lowest BCUT2D eigenvalue weighted by molar-refractivity contribution is 0.329. The summed E-state index contributed by atoms with van der Waals surface area (Å²) in [5, 5.41) is 7.22. The van der Waals surface area contributed by atoms with Crippen molar-refractivity contribution in [1.82, 2.24) is 24.1 Å². The molecule has 1 N–H and O–H groups in total. The fraction of sp³-hybridized carbons (Fsp3) is 0.500. The van der Waals surface area contributed by atoms with Gasteiger partial charge in [-0.3, -0.25) is 4.68 Å². The minimum absolute atomic E-state index is 0.178. The van der Waals surface area contributed by atoms with Crippen molar-refractivity contribution in [2.24, 2.45) is 7.05 Å². The molecular formula is C14H20N6O2S. The summed E-state index contributed by atoms with van der Waals surface area (Å²) in [4.78, 5) is 8.75. The molecule has 1 aliphatic rings. The number of aryl methyl sites for hydroxylation is 2. The second-order valence-electron chi connectivity index (χ2n) is 5.69. The molecule has 9 heteroatoms. The van der Waals surface area contributed by atoms with Crippen LogP contribution in [-0.2, 0) is 17.1 Å². The average molecular weight is 336 g/mol. The number of rotatable bonds is 4. The molecule has 0 spiro atoms. The van der Waals surface area contributed by atoms with Crippen molar-refractivity contribution in [3.05, 3.63) is 30.4 Å². The molecule has 0 amide bonds. The van der Waals surface area contributed by atoms with E-state index < -0.39 is 10.0 Å². The smallest absolute Gasteiger partial charge is 0.246 e. The van der Waals surface area contributed by atoms with Gasteiger partial charge in [-0.25, -0.2) is 18.4 Å². The molecule has 0 aromatic carbocycles. The quantitative estimate of drug-likeness (QED) is 0.887. The van der Waals surface area contributed by atoms with Crippen LogP contribution in [0.1, 0.15) is 18.5 Å². The van der Waals surface area contributed by atoms with Crippen molar-refractivity contribution in [2.75, 3.05) is 18.4 Å². The molecule has 0 bridgehead atoms. The Morgan fingerprint density at radius 2 is 2.04 bits per heavy atom. The van der Waals surface area contributed by atoms with Gasteiger partial charge in [0, 0.05) is 44.3 Å². The Kier molecular flexibility index (Phi) is 4.31. The summed E-state index contributed by atoms with van der Waals surface area (Å²) >= 11 is 0. The van der Waals surface area contributed by atoms with E-state index in [1.807, 2.05) is 13.0 Å². The Labute approximate surface area is 135 Å². The van der Waals surface area contributed by atoms with Gasteiger partial charge in [-0.2, -0.15) is 9.40 Å². The topological polar surface area (TPSA) is 93.0 Å². The maximum atomic E-state index is 12.5. The van der Waals surface area contributed by atoms with E-state index >= 15 is 0 Å². The molecule has 0 saturated carbocycles. The normalized spacial score (nSPS) is 17.3. The van der Waals surface area contributed by atoms with Crippen molar-refractivity contribution in [3.8, 4) is 0 Å². The minimum Gasteiger partial charge on any atom is -0.351 e. The molecule has 1 aliphatic heterocycles. The molecular weight excluding hydrogens is 316 g/mol. The first-order chi connectivity index (χ1) is 10.9. The third-order valence-corrected chi connectivity index (χ3v) is 5.75. The van der Waals surface area contributed by atoms with Crippen LogP contribution in [-0.4, -0.2) is 51.6 Å². The Morgan fingerprint density at radius 3 is 2.65 bits per heavy atom. The zero-order valence-corrected chi connectivity index (χ0v) is 14.0. The van der Waals surface area contributed by atoms with E-state index in [0.29, 0.717) is 19.0 Å². The van der Waals surface area contributed by atoms with Crippen LogP contribution < -0.4 is 5.32 Å². The van der Waals surface area contributed by atoms with Crippen LogP contribution in [0.25, 0.3) is 0 Å². The lowest BCUT2D eigenvalue weighted by Crippen LogP contribution is -2.42. The van der Waals surface area contributed by atoms with Gasteiger partial charge < -0.3 is 5.32 Å². The Balaban J connectivity index is 1.62. The second-order valence-corrected chi connectivity index (χ2v) is 7.63. The number of hydrogen-bond acceptors (Lipinski definition) is 6. The van der Waals surface area contributed by atoms with Gasteiger partial charge in [0.05, 0.1) is 6.20 Å². The van der Waals surface area contributed by atoms with Crippen LogP contribution in [0.2, 0.25) is 0 Å². The molecule has 0 radical (unpaired) electrons. The number of anilines is 1. The van der Waals surface area contributed by atoms with Crippen molar-refractivity contribution in [1.29, 1.82) is 0 Å². The number of piperidine rings is 1. The molecule has 23 heavy (non-hydrogen) atoms. The van der Waals surface area contributed by atoms with Crippen LogP contribution in [0.3, 0.4) is 0 Å². The highest BCUT2D eigenvalue weighted by Gasteiger charge is 2.30. The lowest BCUT2D eigenvalue weighted by atomic mass is 10.1. The summed E-state index contributed by atoms with van der Waals surface area (Å²) in [7, 11) is -1.75. The number of aromatic nitrogens is 4. The van der Waals surface area contributed by atoms with E-state index in [2.05, 4.69) is 20.4 Å². The predicted octanol–water partition coefficient (Wildman–Crippen LogP) is 0.784. The van der Waals surface area contributed by atoms with Crippen LogP contribution in [0.5, 0.6) is 0 Å². The number of nitrogens with zero attached hydrogens (tertiary/aromatic N) is 5. The van der Waals surface area contributed by atoms with E-state index in [4.69, 9.17) is 0 Å². The Morgan fingerprint density at radius 1 is 1.30 bits per heavy atom. The first-order valence-corrected chi connectivity index (χ1v) is 8.94. The van der Waals surface area contributed by atoms with Gasteiger partial charge in [-0.15, -0.1) is 0 Å². The van der Waals surface area contributed by atoms with Crippen LogP contribution >= 0.6 is 0 Å². The molecule has 0 unspecified atom stereocenters. The van der Waals surface area contributed by atoms with Gasteiger partial charge in [0.25, 0.3) is 0 Å². The summed E-state index contributed by atoms with van der Waals surface area (Å²) < 4.78 is 28.1. The van der Waals surface area contributed by atoms with Gasteiger partial charge >= 0.3 is 0 Å². The second kappa shape index (κ2) is 6.25. The van der Waals surface area contributed by atoms with Crippen molar-refractivity contribution < 1.29 is 8.42 Å². The van der Waals surface area contributed by atoms with Gasteiger partial charge in [0.2, 0.25) is 16.0 Å². The predicted molar refractivity (Wildman–Crippen MR) is 85.4 cm³/mol. The molecule has 1 saturated heterocycles. The largest absolute Gasteiger partial charge is 0.351 e. The molecule has 3 heterocycles. The third-order valence-electron chi connectivity index (χ3n) is 3.90. The number of nitrogens with one attached hydrogen (secondary N) is 1. The summed E-state index contributed by atoms with van der Waals surface area (Å²) in [5.74, 6) is 0.596. The SMILES string of the molecule is Cc1ccnc(NC2CCN(S(=O)(=O)c3cnn(C)c3)CC2)n1. The molecule has 124 valence electrons. The molecule has 3 rings (SSSR count). The van der Waals surface area contributed by atoms with Gasteiger partial charge in [0.1, 0.15) is 4.90 Å². The highest BCUT2D eigenvalue weighted by Crippen LogP contribution is 2.21. The molecule has 8 nitrogen and oxygen atoms in total. The number of sulfonamides is 1. The lowest BCUT2D eigenvalue weighted by Gasteiger charge is -2.31. The maximum absolute atomic E-state index is 12.5. The standard InChI is InChI=1S/C14H20N6O2S/c1-11-3-6-15-14(17-11)18-12-4-7-20(8-5-12)23(21,22)13-9-16-19(2)10-13/h3,6,9-10,12H,4-5,7-8H2,1-2H3,(H,15,17,18). The first-order valence-electron chi connectivity index (χ1n) is 7.50. The highest BCUT2D eigenvalue weighted by atomic mass is 32.2. The minimum atomic E-state index is -3.45. The zero-order valence-electron chi connectivity index (χ0n) is 13.2. The van der Waals surface area contributed by atoms with Crippen LogP contribution in [0.15, 0.2) is 29.6 Å². The van der Waals surface area contributed by atoms with Crippen LogP contribution in [0, 0.1) is 6.92 Å². The van der Waals surface area contributed by atoms with E-state index in [1.165, 1.54) is 21.4 Å². The average Bonchev–Trinajstić information content (AvgIpc) is 2.95. The van der Waals surface area contributed by atoms with Crippen molar-refractivity contribution in [3.63, 3.8) is 0 Å². The van der Waals surface area contributed by atoms with E-state index in [9.17, 15) is 8.42 Å². The molecule has 0 aliphatic carbocycles. The van der Waals surface area contributed by atoms with Gasteiger partial charge in [-0.1, -0.05) is 0 Å². The fourth-order valence-electron chi connectivity index (χ4n) is 2.62. The summed E-state index contributed by atoms with van der Waals surface area (Å²) in [5.41, 5.74) is 0.902. The van der Waals surface area contributed by atoms with Gasteiger partial charge in [-0.05, 0) is 25.8 Å². The van der Waals surface area contributed by atoms with Gasteiger partial charge in [0.15, 0.2) is 0 Å². The summed E-state index contributed by atoms with van der Waals surface area (Å²) in [6, 6.07) is 2.02. The highest BCUT2D eigenvalue weighted by molar-refractivity contribution is 7.89. The summed E-state index contributed by atoms with van der Waals surface area (Å²) in [6.45, 7) is 2.86. The van der Waals surface area contributed by atoms with Crippen molar-refractivity contribution in [2.45, 2.75) is 30.7 Å². The molecule has 2 aromatic heterocycles. The van der Waals surface area contributed by atoms with E-state index in [0.717, 1.165) is 18.5 Å². The molecule has 1 fully saturated rings. The van der Waals surface area contributed by atoms with Crippen LogP contribution in [0.4, 0.5) is 5.95 Å². The first kappa shape index (κ1) is 15.9.